The van der Waals surface area contributed by atoms with E-state index in [0.29, 0.717) is 19.5 Å². The topological polar surface area (TPSA) is 382 Å². The second-order valence-electron chi connectivity index (χ2n) is 8.31. The molecule has 0 aromatic heterocycles. The summed E-state index contributed by atoms with van der Waals surface area (Å²) in [5.41, 5.74) is 15.6. The lowest BCUT2D eigenvalue weighted by molar-refractivity contribution is -0.141. The van der Waals surface area contributed by atoms with Gasteiger partial charge in [-0.25, -0.2) is 0 Å². The standard InChI is InChI=1S/C16H28N8O8.C4H8O2S2.2C2H4O2/c17-5-10(25)23-8(2-1-3-20-16(18)19)14(31)21-6-11(26)24-9(4-12(27)28)15(32)22-7-13(29)30;1-7-8-3-2-6-4-5;2*1-2(3)4/h8-9H,1-7,17H2,(H,21,31)(H,22,32)(H,23,25)(H,24,26)(H,27,28)(H,29,30)(H4,18,19,20);4H,2-3H2,1H3;2*1H3,(H,3,4). The Balaban J connectivity index is -0.000000495. The quantitative estimate of drug-likeness (QED) is 0.0187. The van der Waals surface area contributed by atoms with Crippen LogP contribution >= 0.6 is 21.6 Å². The molecule has 0 aromatic carbocycles. The van der Waals surface area contributed by atoms with E-state index in [4.69, 9.17) is 47.2 Å². The maximum Gasteiger partial charge on any atom is 0.322 e. The number of carboxylic acids is 4. The Morgan fingerprint density at radius 2 is 1.33 bits per heavy atom. The molecule has 2 unspecified atom stereocenters. The van der Waals surface area contributed by atoms with Crippen molar-refractivity contribution in [3.05, 3.63) is 0 Å². The normalized spacial score (nSPS) is 10.4. The molecule has 14 N–H and O–H groups in total. The Morgan fingerprint density at radius 3 is 1.77 bits per heavy atom. The first-order valence-corrected chi connectivity index (χ1v) is 16.0. The average molecular weight is 733 g/mol. The highest BCUT2D eigenvalue weighted by atomic mass is 33.1. The van der Waals surface area contributed by atoms with Crippen LogP contribution in [0.5, 0.6) is 0 Å². The number of guanidine groups is 1. The maximum absolute atomic E-state index is 12.3. The van der Waals surface area contributed by atoms with Crippen molar-refractivity contribution < 1.29 is 68.3 Å². The van der Waals surface area contributed by atoms with Gasteiger partial charge in [0.05, 0.1) is 19.5 Å². The van der Waals surface area contributed by atoms with Crippen molar-refractivity contribution >= 4 is 81.5 Å². The van der Waals surface area contributed by atoms with Crippen LogP contribution in [0.2, 0.25) is 0 Å². The number of rotatable bonds is 20. The molecule has 276 valence electrons. The van der Waals surface area contributed by atoms with Crippen LogP contribution in [0.1, 0.15) is 33.1 Å². The minimum absolute atomic E-state index is 0.120. The Kier molecular flexibility index (Phi) is 34.9. The number of carbonyl (C=O) groups excluding carboxylic acids is 5. The van der Waals surface area contributed by atoms with Crippen LogP contribution in [0.15, 0.2) is 4.99 Å². The minimum Gasteiger partial charge on any atom is -0.481 e. The lowest BCUT2D eigenvalue weighted by atomic mass is 10.1. The third-order valence-electron chi connectivity index (χ3n) is 4.12. The Hall–Kier alpha value is -4.84. The van der Waals surface area contributed by atoms with Gasteiger partial charge in [-0.1, -0.05) is 21.6 Å². The van der Waals surface area contributed by atoms with Gasteiger partial charge < -0.3 is 63.6 Å². The number of hydrogen-bond donors (Lipinski definition) is 11. The van der Waals surface area contributed by atoms with E-state index < -0.39 is 79.1 Å². The monoisotopic (exact) mass is 732 g/mol. The van der Waals surface area contributed by atoms with E-state index in [2.05, 4.69) is 25.7 Å². The van der Waals surface area contributed by atoms with Crippen molar-refractivity contribution in [1.82, 2.24) is 21.3 Å². The summed E-state index contributed by atoms with van der Waals surface area (Å²) in [6.45, 7) is 1.55. The third kappa shape index (κ3) is 43.3. The Labute approximate surface area is 283 Å². The molecule has 0 aliphatic heterocycles. The van der Waals surface area contributed by atoms with Crippen LogP contribution in [-0.2, 0) is 47.9 Å². The van der Waals surface area contributed by atoms with E-state index in [9.17, 15) is 33.6 Å². The summed E-state index contributed by atoms with van der Waals surface area (Å²) < 4.78 is 4.42. The van der Waals surface area contributed by atoms with Crippen LogP contribution in [0.25, 0.3) is 0 Å². The maximum atomic E-state index is 12.3. The first-order chi connectivity index (χ1) is 22.3. The summed E-state index contributed by atoms with van der Waals surface area (Å²) in [4.78, 5) is 100. The zero-order chi connectivity index (χ0) is 38.1. The summed E-state index contributed by atoms with van der Waals surface area (Å²) in [7, 11) is 3.35. The van der Waals surface area contributed by atoms with Gasteiger partial charge in [-0.05, 0) is 19.1 Å². The van der Waals surface area contributed by atoms with Crippen molar-refractivity contribution in [3.8, 4) is 0 Å². The molecule has 0 saturated heterocycles. The average Bonchev–Trinajstić information content (AvgIpc) is 2.97. The van der Waals surface area contributed by atoms with Crippen LogP contribution in [0.3, 0.4) is 0 Å². The number of hydrogen-bond acceptors (Lipinski definition) is 14. The molecule has 4 amide bonds. The summed E-state index contributed by atoms with van der Waals surface area (Å²) in [6, 6.07) is -2.62. The molecular formula is C24H44N8O14S2. The molecular weight excluding hydrogens is 688 g/mol. The van der Waals surface area contributed by atoms with E-state index in [1.807, 2.05) is 11.6 Å². The van der Waals surface area contributed by atoms with Gasteiger partial charge in [0.2, 0.25) is 23.6 Å². The van der Waals surface area contributed by atoms with Gasteiger partial charge in [-0.3, -0.25) is 48.1 Å². The summed E-state index contributed by atoms with van der Waals surface area (Å²) >= 11 is 0. The first-order valence-electron chi connectivity index (χ1n) is 13.3. The third-order valence-corrected chi connectivity index (χ3v) is 5.90. The van der Waals surface area contributed by atoms with E-state index in [-0.39, 0.29) is 25.5 Å². The van der Waals surface area contributed by atoms with E-state index in [1.165, 1.54) is 0 Å². The van der Waals surface area contributed by atoms with E-state index in [1.54, 1.807) is 21.6 Å². The Morgan fingerprint density at radius 1 is 0.833 bits per heavy atom. The molecule has 0 rings (SSSR count). The summed E-state index contributed by atoms with van der Waals surface area (Å²) in [6.07, 6.45) is 1.61. The molecule has 0 aliphatic carbocycles. The van der Waals surface area contributed by atoms with Gasteiger partial charge in [-0.15, -0.1) is 0 Å². The first kappa shape index (κ1) is 50.0. The SMILES string of the molecule is CC(=O)O.CC(=O)O.CSSCCOC=O.NCC(=O)NC(CCCN=C(N)N)C(=O)NCC(=O)NC(CC(=O)O)C(=O)NCC(=O)O. The minimum atomic E-state index is -1.57. The highest BCUT2D eigenvalue weighted by molar-refractivity contribution is 8.76. The highest BCUT2D eigenvalue weighted by Gasteiger charge is 2.25. The zero-order valence-electron chi connectivity index (χ0n) is 26.5. The van der Waals surface area contributed by atoms with Crippen LogP contribution < -0.4 is 38.5 Å². The van der Waals surface area contributed by atoms with Gasteiger partial charge in [0.1, 0.15) is 25.2 Å². The Bertz CT molecular complexity index is 1040. The molecule has 0 aliphatic rings. The molecule has 0 aromatic rings. The van der Waals surface area contributed by atoms with Gasteiger partial charge in [0.25, 0.3) is 18.4 Å². The molecule has 0 saturated carbocycles. The number of carbonyl (C=O) groups is 9. The fourth-order valence-electron chi connectivity index (χ4n) is 2.44. The number of amides is 4. The van der Waals surface area contributed by atoms with Gasteiger partial charge >= 0.3 is 11.9 Å². The lowest BCUT2D eigenvalue weighted by Gasteiger charge is -2.19. The molecule has 24 heteroatoms. The lowest BCUT2D eigenvalue weighted by Crippen LogP contribution is -2.53. The second-order valence-corrected chi connectivity index (χ2v) is 11.0. The number of aliphatic carboxylic acids is 4. The van der Waals surface area contributed by atoms with Crippen LogP contribution in [0.4, 0.5) is 0 Å². The van der Waals surface area contributed by atoms with Crippen molar-refractivity contribution in [2.24, 2.45) is 22.2 Å². The fourth-order valence-corrected chi connectivity index (χ4v) is 3.48. The summed E-state index contributed by atoms with van der Waals surface area (Å²) in [5, 5.41) is 40.9. The number of carboxylic acid groups (broad SMARTS) is 4. The second kappa shape index (κ2) is 33.5. The molecule has 2 atom stereocenters. The largest absolute Gasteiger partial charge is 0.481 e. The predicted octanol–water partition coefficient (Wildman–Crippen LogP) is -3.89. The highest BCUT2D eigenvalue weighted by Crippen LogP contribution is 2.15. The molecule has 0 fully saturated rings. The number of nitrogens with two attached hydrogens (primary N) is 3. The zero-order valence-corrected chi connectivity index (χ0v) is 28.1. The number of nitrogens with one attached hydrogen (secondary N) is 4. The van der Waals surface area contributed by atoms with Crippen LogP contribution in [-0.4, -0.2) is 137 Å². The van der Waals surface area contributed by atoms with Crippen molar-refractivity contribution in [1.29, 1.82) is 0 Å². The van der Waals surface area contributed by atoms with E-state index in [0.717, 1.165) is 19.6 Å². The molecule has 0 bridgehead atoms. The van der Waals surface area contributed by atoms with Gasteiger partial charge in [0, 0.05) is 26.1 Å². The van der Waals surface area contributed by atoms with Crippen molar-refractivity contribution in [2.45, 2.75) is 45.2 Å². The molecule has 0 radical (unpaired) electrons. The molecule has 0 spiro atoms. The van der Waals surface area contributed by atoms with Crippen molar-refractivity contribution in [3.63, 3.8) is 0 Å². The van der Waals surface area contributed by atoms with Crippen molar-refractivity contribution in [2.75, 3.05) is 44.8 Å². The molecule has 22 nitrogen and oxygen atoms in total. The fraction of sp³-hybridized carbons (Fsp3) is 0.583. The number of ether oxygens (including phenoxy) is 1. The van der Waals surface area contributed by atoms with E-state index >= 15 is 0 Å². The predicted molar refractivity (Wildman–Crippen MR) is 173 cm³/mol. The summed E-state index contributed by atoms with van der Waals surface area (Å²) in [5.74, 6) is -7.02. The molecule has 48 heavy (non-hydrogen) atoms. The number of aliphatic imine (C=N–C) groups is 1. The van der Waals surface area contributed by atoms with Gasteiger partial charge in [0.15, 0.2) is 5.96 Å². The van der Waals surface area contributed by atoms with Crippen LogP contribution in [0, 0.1) is 0 Å². The molecule has 0 heterocycles. The smallest absolute Gasteiger partial charge is 0.322 e. The van der Waals surface area contributed by atoms with Gasteiger partial charge in [-0.2, -0.15) is 0 Å². The number of nitrogens with zero attached hydrogens (tertiary/aromatic N) is 1.